The van der Waals surface area contributed by atoms with Crippen LogP contribution in [0.3, 0.4) is 0 Å². The first-order valence-electron chi connectivity index (χ1n) is 26.2. The van der Waals surface area contributed by atoms with Crippen LogP contribution in [0, 0.1) is 11.8 Å². The van der Waals surface area contributed by atoms with Gasteiger partial charge in [0.25, 0.3) is 0 Å². The van der Waals surface area contributed by atoms with Crippen molar-refractivity contribution in [3.8, 4) is 0 Å². The van der Waals surface area contributed by atoms with Gasteiger partial charge in [0.15, 0.2) is 6.10 Å². The third kappa shape index (κ3) is 47.3. The third-order valence-electron chi connectivity index (χ3n) is 12.0. The molecule has 0 heterocycles. The van der Waals surface area contributed by atoms with Crippen molar-refractivity contribution in [1.29, 1.82) is 0 Å². The molecular weight excluding hydrogens is 733 g/mol. The molecule has 350 valence electrons. The zero-order valence-corrected chi connectivity index (χ0v) is 40.4. The first-order chi connectivity index (χ1) is 28.7. The number of hydrogen-bond acceptors (Lipinski definition) is 6. The van der Waals surface area contributed by atoms with E-state index in [1.54, 1.807) is 0 Å². The molecule has 0 saturated heterocycles. The first-order valence-corrected chi connectivity index (χ1v) is 26.2. The Morgan fingerprint density at radius 1 is 0.322 bits per heavy atom. The summed E-state index contributed by atoms with van der Waals surface area (Å²) in [5.41, 5.74) is 0. The van der Waals surface area contributed by atoms with E-state index in [0.717, 1.165) is 69.6 Å². The van der Waals surface area contributed by atoms with Gasteiger partial charge >= 0.3 is 17.9 Å². The molecule has 0 N–H and O–H groups in total. The predicted octanol–water partition coefficient (Wildman–Crippen LogP) is 16.9. The van der Waals surface area contributed by atoms with Crippen molar-refractivity contribution in [3.63, 3.8) is 0 Å². The minimum Gasteiger partial charge on any atom is -0.462 e. The van der Waals surface area contributed by atoms with E-state index >= 15 is 0 Å². The molecule has 0 aliphatic heterocycles. The lowest BCUT2D eigenvalue weighted by atomic mass is 10.0. The third-order valence-corrected chi connectivity index (χ3v) is 12.0. The van der Waals surface area contributed by atoms with Crippen LogP contribution in [0.1, 0.15) is 291 Å². The minimum atomic E-state index is -0.762. The molecule has 0 aliphatic carbocycles. The monoisotopic (exact) mass is 835 g/mol. The Balaban J connectivity index is 4.25. The van der Waals surface area contributed by atoms with E-state index in [-0.39, 0.29) is 31.1 Å². The molecule has 6 nitrogen and oxygen atoms in total. The van der Waals surface area contributed by atoms with E-state index in [0.29, 0.717) is 19.3 Å². The molecule has 6 heteroatoms. The van der Waals surface area contributed by atoms with Gasteiger partial charge in [0.1, 0.15) is 13.2 Å². The van der Waals surface area contributed by atoms with Crippen LogP contribution in [0.4, 0.5) is 0 Å². The summed E-state index contributed by atoms with van der Waals surface area (Å²) in [4.78, 5) is 37.9. The largest absolute Gasteiger partial charge is 0.462 e. The smallest absolute Gasteiger partial charge is 0.306 e. The topological polar surface area (TPSA) is 78.9 Å². The number of carbonyl (C=O) groups is 3. The molecule has 0 spiro atoms. The summed E-state index contributed by atoms with van der Waals surface area (Å²) in [7, 11) is 0. The summed E-state index contributed by atoms with van der Waals surface area (Å²) in [6.07, 6.45) is 46.8. The molecule has 0 amide bonds. The van der Waals surface area contributed by atoms with Crippen LogP contribution >= 0.6 is 0 Å². The minimum absolute atomic E-state index is 0.0648. The van der Waals surface area contributed by atoms with Crippen molar-refractivity contribution in [2.75, 3.05) is 13.2 Å². The van der Waals surface area contributed by atoms with Gasteiger partial charge in [-0.05, 0) is 31.1 Å². The molecule has 0 fully saturated rings. The van der Waals surface area contributed by atoms with Gasteiger partial charge in [-0.15, -0.1) is 0 Å². The molecule has 0 aromatic rings. The Morgan fingerprint density at radius 2 is 0.559 bits per heavy atom. The van der Waals surface area contributed by atoms with E-state index in [1.807, 2.05) is 0 Å². The predicted molar refractivity (Wildman–Crippen MR) is 252 cm³/mol. The van der Waals surface area contributed by atoms with Gasteiger partial charge in [0, 0.05) is 19.3 Å². The summed E-state index contributed by atoms with van der Waals surface area (Å²) in [5, 5.41) is 0. The Kier molecular flexibility index (Phi) is 44.7. The van der Waals surface area contributed by atoms with E-state index in [4.69, 9.17) is 14.2 Å². The average molecular weight is 835 g/mol. The van der Waals surface area contributed by atoms with Gasteiger partial charge in [0.2, 0.25) is 0 Å². The van der Waals surface area contributed by atoms with Crippen LogP contribution in [0.5, 0.6) is 0 Å². The Morgan fingerprint density at radius 3 is 0.831 bits per heavy atom. The summed E-state index contributed by atoms with van der Waals surface area (Å²) in [5.74, 6) is 0.738. The van der Waals surface area contributed by atoms with Gasteiger partial charge < -0.3 is 14.2 Å². The summed E-state index contributed by atoms with van der Waals surface area (Å²) in [6, 6.07) is 0. The maximum atomic E-state index is 12.8. The van der Waals surface area contributed by atoms with Crippen molar-refractivity contribution >= 4 is 17.9 Å². The highest BCUT2D eigenvalue weighted by Crippen LogP contribution is 2.17. The van der Waals surface area contributed by atoms with Crippen molar-refractivity contribution < 1.29 is 28.6 Å². The Labute approximate surface area is 368 Å². The fraction of sp³-hybridized carbons (Fsp3) is 0.943. The SMILES string of the molecule is CCCCCCCCCCCCCCCCCCCCCC(=O)O[C@@H](COC(=O)CCCCCCCCCCCC(C)C)COC(=O)CCCCCCCCCC(C)C. The molecule has 0 unspecified atom stereocenters. The van der Waals surface area contributed by atoms with E-state index in [1.165, 1.54) is 180 Å². The molecule has 0 aromatic heterocycles. The zero-order chi connectivity index (χ0) is 43.3. The van der Waals surface area contributed by atoms with Gasteiger partial charge in [-0.2, -0.15) is 0 Å². The molecule has 1 atom stereocenters. The van der Waals surface area contributed by atoms with Gasteiger partial charge in [-0.3, -0.25) is 14.4 Å². The number of unbranched alkanes of at least 4 members (excludes halogenated alkanes) is 32. The first kappa shape index (κ1) is 57.4. The second-order valence-electron chi connectivity index (χ2n) is 19.1. The van der Waals surface area contributed by atoms with Crippen LogP contribution < -0.4 is 0 Å². The van der Waals surface area contributed by atoms with Gasteiger partial charge in [0.05, 0.1) is 0 Å². The van der Waals surface area contributed by atoms with Crippen LogP contribution in [0.15, 0.2) is 0 Å². The number of esters is 3. The maximum Gasteiger partial charge on any atom is 0.306 e. The molecule has 0 rings (SSSR count). The number of rotatable bonds is 47. The number of ether oxygens (including phenoxy) is 3. The average Bonchev–Trinajstić information content (AvgIpc) is 3.20. The summed E-state index contributed by atoms with van der Waals surface area (Å²) >= 11 is 0. The number of hydrogen-bond donors (Lipinski definition) is 0. The summed E-state index contributed by atoms with van der Waals surface area (Å²) in [6.45, 7) is 11.3. The van der Waals surface area contributed by atoms with Crippen LogP contribution in [-0.2, 0) is 28.6 Å². The highest BCUT2D eigenvalue weighted by atomic mass is 16.6. The number of carbonyl (C=O) groups excluding carboxylic acids is 3. The molecule has 0 radical (unpaired) electrons. The molecular formula is C53H102O6. The fourth-order valence-electron chi connectivity index (χ4n) is 7.99. The van der Waals surface area contributed by atoms with Gasteiger partial charge in [-0.25, -0.2) is 0 Å². The standard InChI is InChI=1S/C53H102O6/c1-6-7-8-9-10-11-12-13-14-15-16-17-18-19-20-23-29-35-40-45-53(56)59-50(47-58-52(55)44-39-34-30-25-27-32-37-42-49(4)5)46-57-51(54)43-38-33-28-24-21-22-26-31-36-41-48(2)3/h48-50H,6-47H2,1-5H3/t50-/m0/s1. The highest BCUT2D eigenvalue weighted by Gasteiger charge is 2.19. The van der Waals surface area contributed by atoms with E-state index in [2.05, 4.69) is 34.6 Å². The maximum absolute atomic E-state index is 12.8. The lowest BCUT2D eigenvalue weighted by Crippen LogP contribution is -2.30. The molecule has 0 bridgehead atoms. The van der Waals surface area contributed by atoms with E-state index < -0.39 is 6.10 Å². The molecule has 0 saturated carbocycles. The second-order valence-corrected chi connectivity index (χ2v) is 19.1. The van der Waals surface area contributed by atoms with Crippen molar-refractivity contribution in [1.82, 2.24) is 0 Å². The van der Waals surface area contributed by atoms with Crippen molar-refractivity contribution in [3.05, 3.63) is 0 Å². The second kappa shape index (κ2) is 45.9. The van der Waals surface area contributed by atoms with Gasteiger partial charge in [-0.1, -0.05) is 253 Å². The van der Waals surface area contributed by atoms with Crippen LogP contribution in [0.2, 0.25) is 0 Å². The quantitative estimate of drug-likeness (QED) is 0.0345. The van der Waals surface area contributed by atoms with Crippen LogP contribution in [0.25, 0.3) is 0 Å². The normalized spacial score (nSPS) is 12.1. The Bertz CT molecular complexity index is 900. The van der Waals surface area contributed by atoms with Crippen molar-refractivity contribution in [2.24, 2.45) is 11.8 Å². The van der Waals surface area contributed by atoms with Crippen molar-refractivity contribution in [2.45, 2.75) is 298 Å². The molecule has 59 heavy (non-hydrogen) atoms. The summed E-state index contributed by atoms with van der Waals surface area (Å²) < 4.78 is 16.8. The Hall–Kier alpha value is -1.59. The lowest BCUT2D eigenvalue weighted by Gasteiger charge is -2.18. The molecule has 0 aliphatic rings. The zero-order valence-electron chi connectivity index (χ0n) is 40.4. The lowest BCUT2D eigenvalue weighted by molar-refractivity contribution is -0.167. The highest BCUT2D eigenvalue weighted by molar-refractivity contribution is 5.71. The van der Waals surface area contributed by atoms with E-state index in [9.17, 15) is 14.4 Å². The fourth-order valence-corrected chi connectivity index (χ4v) is 7.99. The molecule has 0 aromatic carbocycles. The van der Waals surface area contributed by atoms with Crippen LogP contribution in [-0.4, -0.2) is 37.2 Å².